The Bertz CT molecular complexity index is 2380. The van der Waals surface area contributed by atoms with E-state index in [0.717, 1.165) is 33.3 Å². The lowest BCUT2D eigenvalue weighted by molar-refractivity contribution is 0.0696. The van der Waals surface area contributed by atoms with Gasteiger partial charge in [-0.2, -0.15) is 10.2 Å². The number of hydrogen-bond donors (Lipinski definition) is 4. The van der Waals surface area contributed by atoms with Gasteiger partial charge in [-0.1, -0.05) is 78.9 Å². The van der Waals surface area contributed by atoms with Crippen molar-refractivity contribution in [2.75, 3.05) is 5.32 Å². The van der Waals surface area contributed by atoms with Crippen molar-refractivity contribution >= 4 is 39.1 Å². The average Bonchev–Trinajstić information content (AvgIpc) is 3.12. The molecular weight excluding hydrogens is 606 g/mol. The number of nitrogens with one attached hydrogen (secondary N) is 3. The van der Waals surface area contributed by atoms with Crippen molar-refractivity contribution in [2.24, 2.45) is 0 Å². The fourth-order valence-corrected chi connectivity index (χ4v) is 5.36. The van der Waals surface area contributed by atoms with Gasteiger partial charge in [0.1, 0.15) is 0 Å². The number of hydrogen-bond acceptors (Lipinski definition) is 6. The Balaban J connectivity index is 0.000000173. The lowest BCUT2D eigenvalue weighted by Crippen LogP contribution is -2.13. The minimum absolute atomic E-state index is 0.165. The Hall–Kier alpha value is -6.68. The molecule has 10 nitrogen and oxygen atoms in total. The molecule has 0 saturated carbocycles. The number of anilines is 1. The standard InChI is InChI=1S/C22H17N3O2.C16H12N2O3/c26-21(23-17-9-2-1-3-10-17)16-8-6-7-15(13-16)14-20-18-11-4-5-12-19(18)22(27)25-24-20;19-15-13-7-2-1-6-12(13)14(17-18-15)9-10-4-3-5-11(8-10)16(20)21/h1-13H,14H2,(H,23,26)(H,25,27);1-8H,9H2,(H,18,19)(H,20,21). The quantitative estimate of drug-likeness (QED) is 0.168. The molecule has 7 aromatic rings. The van der Waals surface area contributed by atoms with Crippen LogP contribution in [-0.2, 0) is 12.8 Å². The smallest absolute Gasteiger partial charge is 0.335 e. The molecular formula is C38H29N5O5. The second-order valence-electron chi connectivity index (χ2n) is 11.0. The monoisotopic (exact) mass is 635 g/mol. The third-order valence-corrected chi connectivity index (χ3v) is 7.69. The zero-order valence-corrected chi connectivity index (χ0v) is 25.5. The highest BCUT2D eigenvalue weighted by atomic mass is 16.4. The van der Waals surface area contributed by atoms with Crippen LogP contribution in [0, 0.1) is 0 Å². The Morgan fingerprint density at radius 1 is 0.562 bits per heavy atom. The number of carboxylic acids is 1. The number of aromatic carboxylic acids is 1. The van der Waals surface area contributed by atoms with Crippen LogP contribution >= 0.6 is 0 Å². The zero-order chi connectivity index (χ0) is 33.5. The number of amides is 1. The van der Waals surface area contributed by atoms with Crippen LogP contribution in [0.5, 0.6) is 0 Å². The summed E-state index contributed by atoms with van der Waals surface area (Å²) in [6.45, 7) is 0. The maximum Gasteiger partial charge on any atom is 0.335 e. The molecule has 0 spiro atoms. The Morgan fingerprint density at radius 2 is 1.02 bits per heavy atom. The zero-order valence-electron chi connectivity index (χ0n) is 25.5. The van der Waals surface area contributed by atoms with Crippen LogP contribution in [0.1, 0.15) is 43.2 Å². The van der Waals surface area contributed by atoms with E-state index in [9.17, 15) is 19.2 Å². The molecule has 4 N–H and O–H groups in total. The van der Waals surface area contributed by atoms with Crippen LogP contribution in [0.2, 0.25) is 0 Å². The van der Waals surface area contributed by atoms with E-state index in [-0.39, 0.29) is 22.6 Å². The van der Waals surface area contributed by atoms with Crippen LogP contribution in [-0.4, -0.2) is 37.4 Å². The summed E-state index contributed by atoms with van der Waals surface area (Å²) in [5.41, 5.74) is 4.39. The maximum atomic E-state index is 12.5. The molecule has 0 unspecified atom stereocenters. The van der Waals surface area contributed by atoms with Gasteiger partial charge in [0.25, 0.3) is 17.0 Å². The highest BCUT2D eigenvalue weighted by molar-refractivity contribution is 6.04. The van der Waals surface area contributed by atoms with Gasteiger partial charge in [0.15, 0.2) is 0 Å². The van der Waals surface area contributed by atoms with Crippen LogP contribution in [0.15, 0.2) is 137 Å². The molecule has 0 aliphatic rings. The fourth-order valence-electron chi connectivity index (χ4n) is 5.36. The maximum absolute atomic E-state index is 12.5. The van der Waals surface area contributed by atoms with Gasteiger partial charge in [-0.05, 0) is 59.7 Å². The predicted molar refractivity (Wildman–Crippen MR) is 185 cm³/mol. The normalized spacial score (nSPS) is 10.7. The number of para-hydroxylation sites is 1. The Kier molecular flexibility index (Phi) is 9.24. The van der Waals surface area contributed by atoms with E-state index < -0.39 is 5.97 Å². The van der Waals surface area contributed by atoms with E-state index in [1.54, 1.807) is 42.5 Å². The van der Waals surface area contributed by atoms with Crippen LogP contribution in [0.4, 0.5) is 5.69 Å². The third kappa shape index (κ3) is 7.24. The summed E-state index contributed by atoms with van der Waals surface area (Å²) in [5, 5.41) is 28.0. The number of aromatic amines is 2. The van der Waals surface area contributed by atoms with Crippen molar-refractivity contribution < 1.29 is 14.7 Å². The van der Waals surface area contributed by atoms with E-state index in [0.29, 0.717) is 34.9 Å². The van der Waals surface area contributed by atoms with Crippen LogP contribution in [0.3, 0.4) is 0 Å². The highest BCUT2D eigenvalue weighted by Gasteiger charge is 2.11. The number of carbonyl (C=O) groups is 2. The summed E-state index contributed by atoms with van der Waals surface area (Å²) in [5.74, 6) is -1.13. The first-order valence-electron chi connectivity index (χ1n) is 15.1. The minimum atomic E-state index is -0.962. The molecule has 236 valence electrons. The first-order valence-corrected chi connectivity index (χ1v) is 15.1. The van der Waals surface area contributed by atoms with Crippen LogP contribution in [0.25, 0.3) is 21.5 Å². The van der Waals surface area contributed by atoms with Crippen LogP contribution < -0.4 is 16.4 Å². The van der Waals surface area contributed by atoms with Crippen molar-refractivity contribution in [1.82, 2.24) is 20.4 Å². The summed E-state index contributed by atoms with van der Waals surface area (Å²) < 4.78 is 0. The van der Waals surface area contributed by atoms with E-state index in [4.69, 9.17) is 5.11 Å². The number of aromatic nitrogens is 4. The number of fused-ring (bicyclic) bond motifs is 2. The van der Waals surface area contributed by atoms with Crippen molar-refractivity contribution in [3.05, 3.63) is 182 Å². The number of carbonyl (C=O) groups excluding carboxylic acids is 1. The molecule has 48 heavy (non-hydrogen) atoms. The van der Waals surface area contributed by atoms with E-state index >= 15 is 0 Å². The summed E-state index contributed by atoms with van der Waals surface area (Å²) in [6.07, 6.45) is 0.974. The average molecular weight is 636 g/mol. The molecule has 7 rings (SSSR count). The topological polar surface area (TPSA) is 158 Å². The summed E-state index contributed by atoms with van der Waals surface area (Å²) in [7, 11) is 0. The molecule has 1 amide bonds. The molecule has 0 aliphatic carbocycles. The van der Waals surface area contributed by atoms with Gasteiger partial charge in [-0.15, -0.1) is 0 Å². The van der Waals surface area contributed by atoms with Crippen molar-refractivity contribution in [3.63, 3.8) is 0 Å². The Labute approximate surface area is 273 Å². The van der Waals surface area contributed by atoms with Crippen molar-refractivity contribution in [2.45, 2.75) is 12.8 Å². The van der Waals surface area contributed by atoms with Crippen molar-refractivity contribution in [1.29, 1.82) is 0 Å². The van der Waals surface area contributed by atoms with E-state index in [1.807, 2.05) is 84.9 Å². The number of nitrogens with zero attached hydrogens (tertiary/aromatic N) is 2. The van der Waals surface area contributed by atoms with E-state index in [1.165, 1.54) is 0 Å². The minimum Gasteiger partial charge on any atom is -0.478 e. The largest absolute Gasteiger partial charge is 0.478 e. The molecule has 2 aromatic heterocycles. The van der Waals surface area contributed by atoms with Gasteiger partial charge < -0.3 is 10.4 Å². The molecule has 0 fully saturated rings. The molecule has 10 heteroatoms. The molecule has 5 aromatic carbocycles. The number of carboxylic acid groups (broad SMARTS) is 1. The van der Waals surface area contributed by atoms with Gasteiger partial charge in [0.2, 0.25) is 0 Å². The molecule has 0 atom stereocenters. The van der Waals surface area contributed by atoms with Gasteiger partial charge in [0.05, 0.1) is 27.7 Å². The molecule has 2 heterocycles. The van der Waals surface area contributed by atoms with Gasteiger partial charge >= 0.3 is 5.97 Å². The second-order valence-corrected chi connectivity index (χ2v) is 11.0. The first-order chi connectivity index (χ1) is 23.4. The lowest BCUT2D eigenvalue weighted by atomic mass is 10.0. The highest BCUT2D eigenvalue weighted by Crippen LogP contribution is 2.19. The molecule has 0 aliphatic heterocycles. The fraction of sp³-hybridized carbons (Fsp3) is 0.0526. The molecule has 0 bridgehead atoms. The van der Waals surface area contributed by atoms with Gasteiger partial charge in [-0.3, -0.25) is 14.4 Å². The number of benzene rings is 5. The lowest BCUT2D eigenvalue weighted by Gasteiger charge is -2.08. The molecule has 0 saturated heterocycles. The summed E-state index contributed by atoms with van der Waals surface area (Å²) in [6, 6.07) is 38.1. The second kappa shape index (κ2) is 14.2. The third-order valence-electron chi connectivity index (χ3n) is 7.69. The van der Waals surface area contributed by atoms with Crippen molar-refractivity contribution in [3.8, 4) is 0 Å². The SMILES string of the molecule is O=C(Nc1ccccc1)c1cccc(Cc2n[nH]c(=O)c3ccccc23)c1.O=C(O)c1cccc(Cc2n[nH]c(=O)c3ccccc23)c1. The first kappa shape index (κ1) is 31.3. The summed E-state index contributed by atoms with van der Waals surface area (Å²) >= 11 is 0. The van der Waals surface area contributed by atoms with Gasteiger partial charge in [0, 0.05) is 34.9 Å². The molecule has 0 radical (unpaired) electrons. The Morgan fingerprint density at radius 3 is 1.54 bits per heavy atom. The summed E-state index contributed by atoms with van der Waals surface area (Å²) in [4.78, 5) is 47.2. The van der Waals surface area contributed by atoms with E-state index in [2.05, 4.69) is 25.7 Å². The predicted octanol–water partition coefficient (Wildman–Crippen LogP) is 5.98. The number of rotatable bonds is 7. The van der Waals surface area contributed by atoms with Gasteiger partial charge in [-0.25, -0.2) is 15.0 Å². The number of H-pyrrole nitrogens is 2.